The molecule has 0 aromatic carbocycles. The minimum atomic E-state index is -0.600. The van der Waals surface area contributed by atoms with Crippen LogP contribution in [0.4, 0.5) is 4.79 Å². The third-order valence-corrected chi connectivity index (χ3v) is 9.01. The average molecular weight is 506 g/mol. The maximum absolute atomic E-state index is 13.3. The molecule has 0 radical (unpaired) electrons. The number of alkyl carbamates (subject to hydrolysis) is 1. The molecule has 3 saturated heterocycles. The van der Waals surface area contributed by atoms with Crippen molar-refractivity contribution in [2.24, 2.45) is 11.8 Å². The summed E-state index contributed by atoms with van der Waals surface area (Å²) in [5.41, 5.74) is 0.925. The van der Waals surface area contributed by atoms with E-state index in [1.165, 1.54) is 5.57 Å². The van der Waals surface area contributed by atoms with Crippen LogP contribution in [0.3, 0.4) is 0 Å². The van der Waals surface area contributed by atoms with E-state index in [-0.39, 0.29) is 47.2 Å². The van der Waals surface area contributed by atoms with E-state index in [0.29, 0.717) is 0 Å². The van der Waals surface area contributed by atoms with Gasteiger partial charge in [0.1, 0.15) is 12.1 Å². The summed E-state index contributed by atoms with van der Waals surface area (Å²) < 4.78 is 18.1. The van der Waals surface area contributed by atoms with Gasteiger partial charge in [-0.2, -0.15) is 0 Å². The standard InChI is InChI=1S/C28H47N3O5/c1-18(2)8-9-23-27(5,36-23)22-16-21(10-13-28(22)17-34-28)35-26(33)29-24(19(3)4)25(32)31(7)20-11-14-30(6)15-12-20/h8,19-24H,9-17H2,1-7H3,(H,29,33)/t21-,22-,23-,24-,27-,28+/m1/s1. The normalized spacial score (nSPS) is 35.3. The van der Waals surface area contributed by atoms with E-state index in [1.807, 2.05) is 25.8 Å². The van der Waals surface area contributed by atoms with E-state index in [2.05, 4.69) is 44.1 Å². The number of likely N-dealkylation sites (N-methyl/N-ethyl adjacent to an activating group) is 1. The maximum Gasteiger partial charge on any atom is 0.408 e. The van der Waals surface area contributed by atoms with Gasteiger partial charge in [0.2, 0.25) is 5.91 Å². The van der Waals surface area contributed by atoms with Crippen molar-refractivity contribution in [2.75, 3.05) is 33.8 Å². The Morgan fingerprint density at radius 2 is 1.89 bits per heavy atom. The first kappa shape index (κ1) is 27.4. The first-order valence-corrected chi connectivity index (χ1v) is 13.8. The summed E-state index contributed by atoms with van der Waals surface area (Å²) in [6, 6.07) is -0.391. The van der Waals surface area contributed by atoms with Crippen molar-refractivity contribution < 1.29 is 23.8 Å². The van der Waals surface area contributed by atoms with Gasteiger partial charge in [0.15, 0.2) is 0 Å². The zero-order chi connectivity index (χ0) is 26.3. The Bertz CT molecular complexity index is 844. The fraction of sp³-hybridized carbons (Fsp3) is 0.857. The SMILES string of the molecule is CC(C)=CC[C@H]1O[C@]1(C)[C@H]1C[C@H](OC(=O)N[C@@H](C(=O)N(C)C2CCN(C)CC2)C(C)C)CC[C@]12CO2. The van der Waals surface area contributed by atoms with E-state index >= 15 is 0 Å². The molecule has 8 heteroatoms. The molecule has 1 aliphatic carbocycles. The van der Waals surface area contributed by atoms with Crippen LogP contribution in [0.1, 0.15) is 73.1 Å². The van der Waals surface area contributed by atoms with Gasteiger partial charge in [-0.3, -0.25) is 4.79 Å². The van der Waals surface area contributed by atoms with Gasteiger partial charge in [-0.25, -0.2) is 4.79 Å². The second-order valence-electron chi connectivity index (χ2n) is 12.4. The molecule has 4 aliphatic rings. The van der Waals surface area contributed by atoms with E-state index < -0.39 is 12.1 Å². The Kier molecular flexibility index (Phi) is 8.08. The highest BCUT2D eigenvalue weighted by molar-refractivity contribution is 5.86. The summed E-state index contributed by atoms with van der Waals surface area (Å²) in [6.45, 7) is 13.1. The monoisotopic (exact) mass is 505 g/mol. The number of allylic oxidation sites excluding steroid dienone is 1. The Labute approximate surface area is 217 Å². The van der Waals surface area contributed by atoms with Crippen LogP contribution in [0.5, 0.6) is 0 Å². The summed E-state index contributed by atoms with van der Waals surface area (Å²) in [5.74, 6) is 0.130. The molecule has 1 N–H and O–H groups in total. The Balaban J connectivity index is 1.33. The predicted molar refractivity (Wildman–Crippen MR) is 139 cm³/mol. The lowest BCUT2D eigenvalue weighted by molar-refractivity contribution is -0.136. The highest BCUT2D eigenvalue weighted by Gasteiger charge is 2.68. The zero-order valence-corrected chi connectivity index (χ0v) is 23.3. The number of hydrogen-bond donors (Lipinski definition) is 1. The molecular weight excluding hydrogens is 458 g/mol. The number of amides is 2. The molecule has 1 saturated carbocycles. The van der Waals surface area contributed by atoms with Crippen molar-refractivity contribution in [3.05, 3.63) is 11.6 Å². The second kappa shape index (κ2) is 10.6. The van der Waals surface area contributed by atoms with E-state index in [1.54, 1.807) is 0 Å². The van der Waals surface area contributed by atoms with Crippen LogP contribution in [0.25, 0.3) is 0 Å². The van der Waals surface area contributed by atoms with Crippen LogP contribution in [0.2, 0.25) is 0 Å². The Hall–Kier alpha value is -1.64. The van der Waals surface area contributed by atoms with Gasteiger partial charge in [-0.15, -0.1) is 0 Å². The van der Waals surface area contributed by atoms with Gasteiger partial charge in [0.05, 0.1) is 23.9 Å². The smallest absolute Gasteiger partial charge is 0.408 e. The second-order valence-corrected chi connectivity index (χ2v) is 12.4. The molecule has 4 fully saturated rings. The van der Waals surface area contributed by atoms with Crippen LogP contribution in [0, 0.1) is 11.8 Å². The molecule has 36 heavy (non-hydrogen) atoms. The molecule has 2 amide bonds. The number of rotatable bonds is 8. The lowest BCUT2D eigenvalue weighted by Crippen LogP contribution is -2.55. The molecule has 0 aromatic heterocycles. The number of nitrogens with one attached hydrogen (secondary N) is 1. The van der Waals surface area contributed by atoms with E-state index in [0.717, 1.165) is 58.2 Å². The van der Waals surface area contributed by atoms with Crippen LogP contribution < -0.4 is 5.32 Å². The minimum absolute atomic E-state index is 0.0318. The molecule has 8 nitrogen and oxygen atoms in total. The van der Waals surface area contributed by atoms with Gasteiger partial charge < -0.3 is 29.3 Å². The van der Waals surface area contributed by atoms with Crippen LogP contribution >= 0.6 is 0 Å². The molecule has 6 atom stereocenters. The lowest BCUT2D eigenvalue weighted by Gasteiger charge is -2.38. The molecule has 3 aliphatic heterocycles. The number of carbonyl (C=O) groups excluding carboxylic acids is 2. The molecule has 0 aromatic rings. The Morgan fingerprint density at radius 1 is 1.22 bits per heavy atom. The molecule has 204 valence electrons. The third kappa shape index (κ3) is 5.91. The maximum atomic E-state index is 13.3. The predicted octanol–water partition coefficient (Wildman–Crippen LogP) is 3.74. The fourth-order valence-corrected chi connectivity index (χ4v) is 6.29. The summed E-state index contributed by atoms with van der Waals surface area (Å²) in [6.07, 6.45) is 6.89. The summed E-state index contributed by atoms with van der Waals surface area (Å²) in [7, 11) is 3.97. The summed E-state index contributed by atoms with van der Waals surface area (Å²) in [5, 5.41) is 2.91. The van der Waals surface area contributed by atoms with Crippen LogP contribution in [-0.2, 0) is 19.0 Å². The molecule has 4 rings (SSSR count). The fourth-order valence-electron chi connectivity index (χ4n) is 6.29. The van der Waals surface area contributed by atoms with Gasteiger partial charge in [0, 0.05) is 19.0 Å². The number of hydrogen-bond acceptors (Lipinski definition) is 6. The number of likely N-dealkylation sites (tertiary alicyclic amines) is 1. The molecule has 1 spiro atoms. The molecule has 3 heterocycles. The van der Waals surface area contributed by atoms with Crippen molar-refractivity contribution >= 4 is 12.0 Å². The average Bonchev–Trinajstić information content (AvgIpc) is 3.74. The number of carbonyl (C=O) groups is 2. The van der Waals surface area contributed by atoms with Crippen molar-refractivity contribution in [3.8, 4) is 0 Å². The highest BCUT2D eigenvalue weighted by Crippen LogP contribution is 2.59. The number of nitrogens with zero attached hydrogens (tertiary/aromatic N) is 2. The first-order chi connectivity index (χ1) is 16.9. The Morgan fingerprint density at radius 3 is 2.47 bits per heavy atom. The van der Waals surface area contributed by atoms with Crippen LogP contribution in [-0.4, -0.2) is 91.1 Å². The number of piperidine rings is 1. The van der Waals surface area contributed by atoms with Crippen LogP contribution in [0.15, 0.2) is 11.6 Å². The molecular formula is C28H47N3O5. The molecule has 0 bridgehead atoms. The third-order valence-electron chi connectivity index (χ3n) is 9.01. The lowest BCUT2D eigenvalue weighted by atomic mass is 9.70. The van der Waals surface area contributed by atoms with Gasteiger partial charge in [-0.05, 0) is 85.4 Å². The molecule has 0 unspecified atom stereocenters. The van der Waals surface area contributed by atoms with E-state index in [9.17, 15) is 9.59 Å². The van der Waals surface area contributed by atoms with E-state index in [4.69, 9.17) is 14.2 Å². The highest BCUT2D eigenvalue weighted by atomic mass is 16.6. The first-order valence-electron chi connectivity index (χ1n) is 13.8. The number of ether oxygens (including phenoxy) is 3. The summed E-state index contributed by atoms with van der Waals surface area (Å²) >= 11 is 0. The quantitative estimate of drug-likeness (QED) is 0.399. The van der Waals surface area contributed by atoms with Crippen molar-refractivity contribution in [3.63, 3.8) is 0 Å². The van der Waals surface area contributed by atoms with Gasteiger partial charge >= 0.3 is 6.09 Å². The summed E-state index contributed by atoms with van der Waals surface area (Å²) in [4.78, 5) is 30.4. The van der Waals surface area contributed by atoms with Gasteiger partial charge in [0.25, 0.3) is 0 Å². The largest absolute Gasteiger partial charge is 0.446 e. The van der Waals surface area contributed by atoms with Crippen molar-refractivity contribution in [1.82, 2.24) is 15.1 Å². The topological polar surface area (TPSA) is 86.9 Å². The zero-order valence-electron chi connectivity index (χ0n) is 23.3. The van der Waals surface area contributed by atoms with Crippen molar-refractivity contribution in [1.29, 1.82) is 0 Å². The van der Waals surface area contributed by atoms with Gasteiger partial charge in [-0.1, -0.05) is 25.5 Å². The number of epoxide rings is 2. The minimum Gasteiger partial charge on any atom is -0.446 e. The van der Waals surface area contributed by atoms with Crippen molar-refractivity contribution in [2.45, 2.75) is 109 Å².